The van der Waals surface area contributed by atoms with Crippen LogP contribution in [0.3, 0.4) is 0 Å². The Bertz CT molecular complexity index is 1330. The van der Waals surface area contributed by atoms with Crippen LogP contribution in [0.2, 0.25) is 0 Å². The summed E-state index contributed by atoms with van der Waals surface area (Å²) in [6, 6.07) is 4.30. The molecule has 16 heteroatoms. The predicted molar refractivity (Wildman–Crippen MR) is 107 cm³/mol. The summed E-state index contributed by atoms with van der Waals surface area (Å²) in [6.07, 6.45) is -8.33. The van der Waals surface area contributed by atoms with E-state index in [4.69, 9.17) is 5.14 Å². The molecule has 1 aliphatic heterocycles. The van der Waals surface area contributed by atoms with Gasteiger partial charge in [-0.25, -0.2) is 10.1 Å². The van der Waals surface area contributed by atoms with E-state index in [9.17, 15) is 34.8 Å². The first-order chi connectivity index (χ1) is 15.6. The number of anilines is 1. The summed E-state index contributed by atoms with van der Waals surface area (Å²) in [5, 5.41) is 11.2. The van der Waals surface area contributed by atoms with E-state index in [-0.39, 0.29) is 19.6 Å². The Labute approximate surface area is 188 Å². The molecule has 0 radical (unpaired) electrons. The van der Waals surface area contributed by atoms with Crippen molar-refractivity contribution in [2.75, 3.05) is 25.0 Å². The summed E-state index contributed by atoms with van der Waals surface area (Å²) in [5.74, 6) is -0.402. The minimum atomic E-state index is -4.93. The third kappa shape index (κ3) is 4.52. The van der Waals surface area contributed by atoms with Gasteiger partial charge in [0, 0.05) is 49.1 Å². The average Bonchev–Trinajstić information content (AvgIpc) is 3.11. The number of hydrogen-bond acceptors (Lipinski definition) is 6. The molecule has 0 aromatic carbocycles. The molecule has 3 aromatic heterocycles. The highest BCUT2D eigenvalue weighted by molar-refractivity contribution is 7.86. The first kappa shape index (κ1) is 24.2. The van der Waals surface area contributed by atoms with Gasteiger partial charge in [-0.1, -0.05) is 6.07 Å². The SMILES string of the molecule is Cc1ccc(C2(CNc3cc(C(F)(F)F)nc4cc(C(F)(F)F)nn34)CN(S(N)(=O)=O)C2)cn1. The van der Waals surface area contributed by atoms with Crippen LogP contribution >= 0.6 is 0 Å². The minimum absolute atomic E-state index is 0.114. The zero-order valence-electron chi connectivity index (χ0n) is 17.3. The van der Waals surface area contributed by atoms with E-state index >= 15 is 0 Å². The monoisotopic (exact) mass is 509 g/mol. The van der Waals surface area contributed by atoms with Gasteiger partial charge in [0.1, 0.15) is 5.82 Å². The van der Waals surface area contributed by atoms with Gasteiger partial charge in [-0.2, -0.15) is 48.7 Å². The Morgan fingerprint density at radius 2 is 1.74 bits per heavy atom. The lowest BCUT2D eigenvalue weighted by Crippen LogP contribution is -2.65. The number of alkyl halides is 6. The van der Waals surface area contributed by atoms with E-state index < -0.39 is 50.8 Å². The molecule has 0 spiro atoms. The van der Waals surface area contributed by atoms with Gasteiger partial charge in [0.2, 0.25) is 0 Å². The van der Waals surface area contributed by atoms with Crippen LogP contribution in [0.25, 0.3) is 5.65 Å². The Morgan fingerprint density at radius 1 is 1.09 bits per heavy atom. The summed E-state index contributed by atoms with van der Waals surface area (Å²) >= 11 is 0. The minimum Gasteiger partial charge on any atom is -0.369 e. The fraction of sp³-hybridized carbons (Fsp3) is 0.389. The molecule has 0 bridgehead atoms. The zero-order valence-corrected chi connectivity index (χ0v) is 18.1. The van der Waals surface area contributed by atoms with Crippen molar-refractivity contribution in [1.82, 2.24) is 23.9 Å². The summed E-state index contributed by atoms with van der Waals surface area (Å²) < 4.78 is 104. The van der Waals surface area contributed by atoms with Crippen molar-refractivity contribution in [1.29, 1.82) is 0 Å². The number of rotatable bonds is 5. The Morgan fingerprint density at radius 3 is 2.26 bits per heavy atom. The lowest BCUT2D eigenvalue weighted by Gasteiger charge is -2.48. The fourth-order valence-corrected chi connectivity index (χ4v) is 4.48. The van der Waals surface area contributed by atoms with Gasteiger partial charge in [-0.15, -0.1) is 0 Å². The van der Waals surface area contributed by atoms with Crippen molar-refractivity contribution in [3.8, 4) is 0 Å². The maximum Gasteiger partial charge on any atom is 0.435 e. The van der Waals surface area contributed by atoms with Crippen molar-refractivity contribution in [3.63, 3.8) is 0 Å². The van der Waals surface area contributed by atoms with Gasteiger partial charge >= 0.3 is 12.4 Å². The third-order valence-electron chi connectivity index (χ3n) is 5.46. The Kier molecular flexibility index (Phi) is 5.52. The van der Waals surface area contributed by atoms with Crippen molar-refractivity contribution in [2.45, 2.75) is 24.7 Å². The largest absolute Gasteiger partial charge is 0.435 e. The molecule has 1 aliphatic rings. The number of aromatic nitrogens is 4. The number of fused-ring (bicyclic) bond motifs is 1. The number of pyridine rings is 1. The molecule has 0 amide bonds. The van der Waals surface area contributed by atoms with Crippen LogP contribution < -0.4 is 10.5 Å². The van der Waals surface area contributed by atoms with E-state index in [1.54, 1.807) is 19.1 Å². The van der Waals surface area contributed by atoms with E-state index in [2.05, 4.69) is 20.4 Å². The van der Waals surface area contributed by atoms with E-state index in [0.717, 1.165) is 4.31 Å². The number of aryl methyl sites for hydroxylation is 1. The lowest BCUT2D eigenvalue weighted by atomic mass is 9.75. The van der Waals surface area contributed by atoms with Crippen LogP contribution in [0, 0.1) is 6.92 Å². The van der Waals surface area contributed by atoms with Gasteiger partial charge in [0.15, 0.2) is 17.0 Å². The zero-order chi connectivity index (χ0) is 25.1. The molecule has 3 N–H and O–H groups in total. The fourth-order valence-electron chi connectivity index (χ4n) is 3.63. The normalized spacial score (nSPS) is 17.1. The molecule has 34 heavy (non-hydrogen) atoms. The summed E-state index contributed by atoms with van der Waals surface area (Å²) in [6.45, 7) is 1.35. The number of nitrogens with one attached hydrogen (secondary N) is 1. The molecule has 184 valence electrons. The average molecular weight is 509 g/mol. The van der Waals surface area contributed by atoms with Gasteiger partial charge in [-0.3, -0.25) is 4.98 Å². The lowest BCUT2D eigenvalue weighted by molar-refractivity contribution is -0.142. The molecule has 0 aliphatic carbocycles. The van der Waals surface area contributed by atoms with Crippen molar-refractivity contribution in [3.05, 3.63) is 53.1 Å². The predicted octanol–water partition coefficient (Wildman–Crippen LogP) is 2.34. The van der Waals surface area contributed by atoms with Crippen LogP contribution in [0.15, 0.2) is 30.5 Å². The maximum absolute atomic E-state index is 13.3. The third-order valence-corrected chi connectivity index (χ3v) is 6.44. The topological polar surface area (TPSA) is 119 Å². The highest BCUT2D eigenvalue weighted by atomic mass is 32.2. The standard InChI is InChI=1S/C18H17F6N7O2S/c1-10-2-3-11(6-26-10)16(8-30(9-16)34(25,32)33)7-27-14-4-12(17(19,20)21)28-15-5-13(18(22,23)24)29-31(14)15/h2-6,27H,7-9H2,1H3,(H2,25,32,33). The molecule has 1 fully saturated rings. The molecule has 1 saturated heterocycles. The highest BCUT2D eigenvalue weighted by Gasteiger charge is 2.49. The van der Waals surface area contributed by atoms with E-state index in [0.29, 0.717) is 27.9 Å². The van der Waals surface area contributed by atoms with E-state index in [1.807, 2.05) is 0 Å². The quantitative estimate of drug-likeness (QED) is 0.510. The van der Waals surface area contributed by atoms with Crippen molar-refractivity contribution >= 4 is 21.7 Å². The Hall–Kier alpha value is -2.98. The molecule has 0 saturated carbocycles. The maximum atomic E-state index is 13.3. The smallest absolute Gasteiger partial charge is 0.369 e. The molecule has 4 heterocycles. The van der Waals surface area contributed by atoms with E-state index in [1.165, 1.54) is 6.20 Å². The highest BCUT2D eigenvalue weighted by Crippen LogP contribution is 2.37. The molecular formula is C18H17F6N7O2S. The van der Waals surface area contributed by atoms with Crippen LogP contribution in [-0.2, 0) is 28.0 Å². The molecule has 4 rings (SSSR count). The second-order valence-electron chi connectivity index (χ2n) is 7.96. The molecule has 9 nitrogen and oxygen atoms in total. The first-order valence-corrected chi connectivity index (χ1v) is 11.1. The van der Waals surface area contributed by atoms with Crippen LogP contribution in [0.1, 0.15) is 22.6 Å². The number of nitrogens with two attached hydrogens (primary N) is 1. The number of hydrogen-bond donors (Lipinski definition) is 2. The van der Waals surface area contributed by atoms with Crippen molar-refractivity contribution in [2.24, 2.45) is 5.14 Å². The number of nitrogens with zero attached hydrogens (tertiary/aromatic N) is 5. The van der Waals surface area contributed by atoms with Crippen LogP contribution in [0.5, 0.6) is 0 Å². The molecule has 3 aromatic rings. The second-order valence-corrected chi connectivity index (χ2v) is 9.50. The molecule has 0 atom stereocenters. The summed E-state index contributed by atoms with van der Waals surface area (Å²) in [7, 11) is -4.03. The summed E-state index contributed by atoms with van der Waals surface area (Å²) in [4.78, 5) is 7.42. The summed E-state index contributed by atoms with van der Waals surface area (Å²) in [5.41, 5.74) is -3.19. The van der Waals surface area contributed by atoms with Gasteiger partial charge in [-0.05, 0) is 18.6 Å². The Balaban J connectivity index is 1.73. The van der Waals surface area contributed by atoms with Gasteiger partial charge in [0.25, 0.3) is 10.2 Å². The molecule has 0 unspecified atom stereocenters. The van der Waals surface area contributed by atoms with Crippen molar-refractivity contribution < 1.29 is 34.8 Å². The van der Waals surface area contributed by atoms with Crippen LogP contribution in [0.4, 0.5) is 32.2 Å². The first-order valence-electron chi connectivity index (χ1n) is 9.59. The number of halogens is 6. The van der Waals surface area contributed by atoms with Gasteiger partial charge < -0.3 is 5.32 Å². The molecular weight excluding hydrogens is 492 g/mol. The second kappa shape index (κ2) is 7.78. The van der Waals surface area contributed by atoms with Crippen LogP contribution in [-0.4, -0.2) is 51.9 Å². The van der Waals surface area contributed by atoms with Gasteiger partial charge in [0.05, 0.1) is 0 Å².